The van der Waals surface area contributed by atoms with Gasteiger partial charge in [0.25, 0.3) is 0 Å². The van der Waals surface area contributed by atoms with E-state index in [1.165, 1.54) is 6.92 Å². The molecule has 0 fully saturated rings. The smallest absolute Gasteiger partial charge is 0.165 e. The molecular formula is C10H10F2O2. The molecule has 0 aliphatic heterocycles. The zero-order valence-corrected chi connectivity index (χ0v) is 7.84. The van der Waals surface area contributed by atoms with Crippen LogP contribution in [-0.4, -0.2) is 10.9 Å². The van der Waals surface area contributed by atoms with E-state index in [0.29, 0.717) is 6.07 Å². The molecule has 1 N–H and O–H groups in total. The Balaban J connectivity index is 3.25. The molecule has 14 heavy (non-hydrogen) atoms. The van der Waals surface area contributed by atoms with Crippen LogP contribution >= 0.6 is 0 Å². The second-order valence-corrected chi connectivity index (χ2v) is 3.29. The molecule has 1 aromatic rings. The molecule has 0 aromatic heterocycles. The Morgan fingerprint density at radius 1 is 1.29 bits per heavy atom. The predicted octanol–water partition coefficient (Wildman–Crippen LogP) is 1.76. The number of hydrogen-bond donors (Lipinski definition) is 1. The lowest BCUT2D eigenvalue weighted by Crippen LogP contribution is -2.30. The van der Waals surface area contributed by atoms with Crippen LogP contribution in [0, 0.1) is 11.6 Å². The van der Waals surface area contributed by atoms with Crippen molar-refractivity contribution in [2.24, 2.45) is 0 Å². The Kier molecular flexibility index (Phi) is 2.66. The third-order valence-corrected chi connectivity index (χ3v) is 2.11. The third-order valence-electron chi connectivity index (χ3n) is 2.11. The first-order valence-electron chi connectivity index (χ1n) is 4.04. The molecule has 0 saturated carbocycles. The van der Waals surface area contributed by atoms with Crippen molar-refractivity contribution in [3.63, 3.8) is 0 Å². The van der Waals surface area contributed by atoms with Crippen LogP contribution < -0.4 is 0 Å². The number of halogens is 2. The van der Waals surface area contributed by atoms with Crippen molar-refractivity contribution in [2.45, 2.75) is 19.4 Å². The van der Waals surface area contributed by atoms with Crippen LogP contribution in [0.1, 0.15) is 19.4 Å². The number of carbonyl (C=O) groups excluding carboxylic acids is 1. The summed E-state index contributed by atoms with van der Waals surface area (Å²) in [6, 6.07) is 2.55. The Morgan fingerprint density at radius 3 is 2.07 bits per heavy atom. The summed E-state index contributed by atoms with van der Waals surface area (Å²) in [5.41, 5.74) is -1.93. The molecule has 0 bridgehead atoms. The topological polar surface area (TPSA) is 37.3 Å². The predicted molar refractivity (Wildman–Crippen MR) is 46.6 cm³/mol. The normalized spacial score (nSPS) is 14.9. The van der Waals surface area contributed by atoms with E-state index in [2.05, 4.69) is 0 Å². The van der Waals surface area contributed by atoms with Crippen LogP contribution in [0.2, 0.25) is 0 Å². The molecule has 0 heterocycles. The van der Waals surface area contributed by atoms with Crippen LogP contribution in [-0.2, 0) is 10.4 Å². The number of benzene rings is 1. The third kappa shape index (κ3) is 1.96. The standard InChI is InChI=1S/C10H10F2O2/c1-6(13)10(2,14)7-3-8(11)5-9(12)4-7/h3-5,14H,1-2H3. The van der Waals surface area contributed by atoms with E-state index in [-0.39, 0.29) is 5.56 Å². The second kappa shape index (κ2) is 3.46. The molecule has 0 amide bonds. The van der Waals surface area contributed by atoms with Gasteiger partial charge in [-0.05, 0) is 31.5 Å². The van der Waals surface area contributed by atoms with E-state index >= 15 is 0 Å². The highest BCUT2D eigenvalue weighted by molar-refractivity contribution is 5.85. The second-order valence-electron chi connectivity index (χ2n) is 3.29. The zero-order chi connectivity index (χ0) is 10.9. The first-order chi connectivity index (χ1) is 6.34. The van der Waals surface area contributed by atoms with Crippen molar-refractivity contribution < 1.29 is 18.7 Å². The van der Waals surface area contributed by atoms with E-state index in [1.54, 1.807) is 0 Å². The summed E-state index contributed by atoms with van der Waals surface area (Å²) in [5, 5.41) is 9.63. The molecule has 2 nitrogen and oxygen atoms in total. The van der Waals surface area contributed by atoms with Crippen molar-refractivity contribution in [1.82, 2.24) is 0 Å². The molecule has 0 aliphatic carbocycles. The van der Waals surface area contributed by atoms with Gasteiger partial charge in [-0.15, -0.1) is 0 Å². The molecular weight excluding hydrogens is 190 g/mol. The number of hydrogen-bond acceptors (Lipinski definition) is 2. The first kappa shape index (κ1) is 10.8. The fraction of sp³-hybridized carbons (Fsp3) is 0.300. The van der Waals surface area contributed by atoms with Gasteiger partial charge in [0.05, 0.1) is 0 Å². The van der Waals surface area contributed by atoms with Crippen molar-refractivity contribution in [1.29, 1.82) is 0 Å². The Labute approximate surface area is 80.2 Å². The average molecular weight is 200 g/mol. The highest BCUT2D eigenvalue weighted by Crippen LogP contribution is 2.23. The monoisotopic (exact) mass is 200 g/mol. The number of carbonyl (C=O) groups is 1. The number of aliphatic hydroxyl groups is 1. The quantitative estimate of drug-likeness (QED) is 0.789. The minimum Gasteiger partial charge on any atom is -0.378 e. The lowest BCUT2D eigenvalue weighted by Gasteiger charge is -2.20. The molecule has 76 valence electrons. The maximum atomic E-state index is 12.8. The van der Waals surface area contributed by atoms with Crippen LogP contribution in [0.5, 0.6) is 0 Å². The summed E-state index contributed by atoms with van der Waals surface area (Å²) in [6.45, 7) is 2.35. The zero-order valence-electron chi connectivity index (χ0n) is 7.84. The number of rotatable bonds is 2. The molecule has 0 saturated heterocycles. The van der Waals surface area contributed by atoms with Crippen molar-refractivity contribution in [3.05, 3.63) is 35.4 Å². The summed E-state index contributed by atoms with van der Waals surface area (Å²) >= 11 is 0. The maximum Gasteiger partial charge on any atom is 0.165 e. The Morgan fingerprint density at radius 2 is 1.71 bits per heavy atom. The molecule has 4 heteroatoms. The largest absolute Gasteiger partial charge is 0.378 e. The molecule has 1 atom stereocenters. The van der Waals surface area contributed by atoms with Gasteiger partial charge in [-0.3, -0.25) is 4.79 Å². The van der Waals surface area contributed by atoms with E-state index in [9.17, 15) is 18.7 Å². The van der Waals surface area contributed by atoms with Crippen LogP contribution in [0.25, 0.3) is 0 Å². The molecule has 0 radical (unpaired) electrons. The minimum atomic E-state index is -1.84. The van der Waals surface area contributed by atoms with Crippen LogP contribution in [0.15, 0.2) is 18.2 Å². The van der Waals surface area contributed by atoms with E-state index in [0.717, 1.165) is 19.1 Å². The number of Topliss-reactive ketones (excluding diaryl/α,β-unsaturated/α-hetero) is 1. The van der Waals surface area contributed by atoms with Crippen molar-refractivity contribution in [2.75, 3.05) is 0 Å². The van der Waals surface area contributed by atoms with E-state index in [1.807, 2.05) is 0 Å². The molecule has 0 spiro atoms. The summed E-state index contributed by atoms with van der Waals surface area (Å²) in [6.07, 6.45) is 0. The van der Waals surface area contributed by atoms with Gasteiger partial charge in [-0.1, -0.05) is 0 Å². The van der Waals surface area contributed by atoms with Gasteiger partial charge in [-0.25, -0.2) is 8.78 Å². The van der Waals surface area contributed by atoms with Gasteiger partial charge >= 0.3 is 0 Å². The lowest BCUT2D eigenvalue weighted by atomic mass is 9.92. The van der Waals surface area contributed by atoms with Gasteiger partial charge in [0.1, 0.15) is 17.2 Å². The van der Waals surface area contributed by atoms with Crippen LogP contribution in [0.4, 0.5) is 8.78 Å². The van der Waals surface area contributed by atoms with Crippen LogP contribution in [0.3, 0.4) is 0 Å². The minimum absolute atomic E-state index is 0.0810. The Bertz CT molecular complexity index is 352. The average Bonchev–Trinajstić information content (AvgIpc) is 2.01. The van der Waals surface area contributed by atoms with E-state index in [4.69, 9.17) is 0 Å². The summed E-state index contributed by atoms with van der Waals surface area (Å²) < 4.78 is 25.5. The summed E-state index contributed by atoms with van der Waals surface area (Å²) in [5.74, 6) is -2.20. The fourth-order valence-corrected chi connectivity index (χ4v) is 1.04. The highest BCUT2D eigenvalue weighted by atomic mass is 19.1. The summed E-state index contributed by atoms with van der Waals surface area (Å²) in [4.78, 5) is 11.0. The first-order valence-corrected chi connectivity index (χ1v) is 4.04. The lowest BCUT2D eigenvalue weighted by molar-refractivity contribution is -0.134. The van der Waals surface area contributed by atoms with Crippen molar-refractivity contribution >= 4 is 5.78 Å². The fourth-order valence-electron chi connectivity index (χ4n) is 1.04. The Hall–Kier alpha value is -1.29. The molecule has 1 unspecified atom stereocenters. The summed E-state index contributed by atoms with van der Waals surface area (Å²) in [7, 11) is 0. The molecule has 0 aliphatic rings. The number of ketones is 1. The van der Waals surface area contributed by atoms with Gasteiger partial charge in [0.2, 0.25) is 0 Å². The van der Waals surface area contributed by atoms with Crippen molar-refractivity contribution in [3.8, 4) is 0 Å². The maximum absolute atomic E-state index is 12.8. The molecule has 1 aromatic carbocycles. The SMILES string of the molecule is CC(=O)C(C)(O)c1cc(F)cc(F)c1. The van der Waals surface area contributed by atoms with E-state index < -0.39 is 23.0 Å². The van der Waals surface area contributed by atoms with Gasteiger partial charge < -0.3 is 5.11 Å². The van der Waals surface area contributed by atoms with Gasteiger partial charge in [-0.2, -0.15) is 0 Å². The van der Waals surface area contributed by atoms with Gasteiger partial charge in [0.15, 0.2) is 5.78 Å². The highest BCUT2D eigenvalue weighted by Gasteiger charge is 2.29. The molecule has 1 rings (SSSR count). The van der Waals surface area contributed by atoms with Gasteiger partial charge in [0, 0.05) is 6.07 Å².